The summed E-state index contributed by atoms with van der Waals surface area (Å²) in [5.74, 6) is -1.29. The van der Waals surface area contributed by atoms with Crippen molar-refractivity contribution in [3.05, 3.63) is 0 Å². The summed E-state index contributed by atoms with van der Waals surface area (Å²) < 4.78 is 11.2. The first-order valence-corrected chi connectivity index (χ1v) is 13.7. The standard InChI is InChI=1S/C28H54O4/c1-7-9-11-13-15-17-19-21-31-27(29)25(23(3)4)26(24(5)6)28(30)32-22-20-18-16-14-12-10-8-2/h23-26H,7-22H2,1-6H3. The second-order valence-corrected chi connectivity index (χ2v) is 10.1. The normalized spacial score (nSPS) is 13.4. The van der Waals surface area contributed by atoms with Crippen LogP contribution < -0.4 is 0 Å². The Morgan fingerprint density at radius 2 is 0.781 bits per heavy atom. The first kappa shape index (κ1) is 30.9. The third-order valence-electron chi connectivity index (χ3n) is 6.35. The minimum absolute atomic E-state index is 0.0371. The van der Waals surface area contributed by atoms with Crippen molar-refractivity contribution < 1.29 is 19.1 Å². The van der Waals surface area contributed by atoms with E-state index in [1.165, 1.54) is 64.2 Å². The Hall–Kier alpha value is -1.06. The van der Waals surface area contributed by atoms with Crippen LogP contribution in [0.5, 0.6) is 0 Å². The monoisotopic (exact) mass is 454 g/mol. The third kappa shape index (κ3) is 14.9. The van der Waals surface area contributed by atoms with E-state index in [2.05, 4.69) is 13.8 Å². The zero-order valence-electron chi connectivity index (χ0n) is 22.3. The number of hydrogen-bond acceptors (Lipinski definition) is 4. The number of carbonyl (C=O) groups is 2. The van der Waals surface area contributed by atoms with E-state index in [0.717, 1.165) is 25.7 Å². The summed E-state index contributed by atoms with van der Waals surface area (Å²) in [5.41, 5.74) is 0. The van der Waals surface area contributed by atoms with Gasteiger partial charge in [-0.2, -0.15) is 0 Å². The Bertz CT molecular complexity index is 416. The van der Waals surface area contributed by atoms with E-state index in [1.54, 1.807) is 0 Å². The highest BCUT2D eigenvalue weighted by molar-refractivity contribution is 5.82. The molecule has 4 heteroatoms. The van der Waals surface area contributed by atoms with E-state index in [-0.39, 0.29) is 23.8 Å². The summed E-state index contributed by atoms with van der Waals surface area (Å²) >= 11 is 0. The Balaban J connectivity index is 4.44. The van der Waals surface area contributed by atoms with Gasteiger partial charge in [-0.3, -0.25) is 9.59 Å². The van der Waals surface area contributed by atoms with Crippen molar-refractivity contribution in [1.29, 1.82) is 0 Å². The van der Waals surface area contributed by atoms with Gasteiger partial charge in [-0.15, -0.1) is 0 Å². The lowest BCUT2D eigenvalue weighted by Gasteiger charge is -2.29. The van der Waals surface area contributed by atoms with Crippen molar-refractivity contribution in [1.82, 2.24) is 0 Å². The molecule has 0 amide bonds. The van der Waals surface area contributed by atoms with E-state index in [9.17, 15) is 9.59 Å². The molecule has 32 heavy (non-hydrogen) atoms. The van der Waals surface area contributed by atoms with E-state index < -0.39 is 11.8 Å². The molecule has 0 aliphatic carbocycles. The maximum Gasteiger partial charge on any atom is 0.310 e. The fraction of sp³-hybridized carbons (Fsp3) is 0.929. The Morgan fingerprint density at radius 3 is 1.06 bits per heavy atom. The highest BCUT2D eigenvalue weighted by atomic mass is 16.5. The smallest absolute Gasteiger partial charge is 0.310 e. The summed E-state index contributed by atoms with van der Waals surface area (Å²) in [5, 5.41) is 0. The lowest BCUT2D eigenvalue weighted by Crippen LogP contribution is -2.39. The number of esters is 2. The molecule has 0 fully saturated rings. The molecule has 0 aliphatic heterocycles. The maximum atomic E-state index is 12.9. The second kappa shape index (κ2) is 20.5. The van der Waals surface area contributed by atoms with Crippen molar-refractivity contribution in [3.63, 3.8) is 0 Å². The number of carbonyl (C=O) groups excluding carboxylic acids is 2. The molecule has 2 atom stereocenters. The molecule has 0 spiro atoms. The SMILES string of the molecule is CCCCCCCCCOC(=O)C(C(C)C)C(C(=O)OCCCCCCCCC)C(C)C. The predicted molar refractivity (Wildman–Crippen MR) is 135 cm³/mol. The summed E-state index contributed by atoms with van der Waals surface area (Å²) in [6.07, 6.45) is 16.6. The Kier molecular flexibility index (Phi) is 19.9. The molecule has 0 aliphatic rings. The molecule has 190 valence electrons. The van der Waals surface area contributed by atoms with Crippen LogP contribution in [-0.2, 0) is 19.1 Å². The molecule has 0 heterocycles. The van der Waals surface area contributed by atoms with Gasteiger partial charge in [0.2, 0.25) is 0 Å². The van der Waals surface area contributed by atoms with Crippen molar-refractivity contribution in [3.8, 4) is 0 Å². The van der Waals surface area contributed by atoms with Gasteiger partial charge in [0.15, 0.2) is 0 Å². The average molecular weight is 455 g/mol. The molecule has 0 radical (unpaired) electrons. The zero-order chi connectivity index (χ0) is 24.2. The van der Waals surface area contributed by atoms with E-state index >= 15 is 0 Å². The molecule has 0 aromatic heterocycles. The van der Waals surface area contributed by atoms with Crippen LogP contribution in [0.25, 0.3) is 0 Å². The van der Waals surface area contributed by atoms with Gasteiger partial charge in [0, 0.05) is 0 Å². The molecule has 0 aromatic carbocycles. The summed E-state index contributed by atoms with van der Waals surface area (Å²) in [4.78, 5) is 25.8. The summed E-state index contributed by atoms with van der Waals surface area (Å²) in [6, 6.07) is 0. The van der Waals surface area contributed by atoms with Gasteiger partial charge in [-0.05, 0) is 24.7 Å². The van der Waals surface area contributed by atoms with Crippen molar-refractivity contribution >= 4 is 11.9 Å². The molecule has 0 rings (SSSR count). The van der Waals surface area contributed by atoms with Gasteiger partial charge >= 0.3 is 11.9 Å². The Labute approximate surface area is 199 Å². The first-order valence-electron chi connectivity index (χ1n) is 13.7. The molecule has 4 nitrogen and oxygen atoms in total. The number of rotatable bonds is 21. The third-order valence-corrected chi connectivity index (χ3v) is 6.35. The zero-order valence-corrected chi connectivity index (χ0v) is 22.3. The lowest BCUT2D eigenvalue weighted by atomic mass is 9.77. The predicted octanol–water partition coefficient (Wildman–Crippen LogP) is 8.12. The van der Waals surface area contributed by atoms with Crippen LogP contribution in [0.1, 0.15) is 131 Å². The van der Waals surface area contributed by atoms with Crippen molar-refractivity contribution in [2.24, 2.45) is 23.7 Å². The van der Waals surface area contributed by atoms with Gasteiger partial charge in [-0.1, -0.05) is 119 Å². The van der Waals surface area contributed by atoms with Crippen molar-refractivity contribution in [2.45, 2.75) is 131 Å². The second-order valence-electron chi connectivity index (χ2n) is 10.1. The minimum atomic E-state index is -0.443. The van der Waals surface area contributed by atoms with Crippen LogP contribution in [0.4, 0.5) is 0 Å². The van der Waals surface area contributed by atoms with Gasteiger partial charge < -0.3 is 9.47 Å². The van der Waals surface area contributed by atoms with Crippen molar-refractivity contribution in [2.75, 3.05) is 13.2 Å². The molecule has 2 unspecified atom stereocenters. The molecular formula is C28H54O4. The summed E-state index contributed by atoms with van der Waals surface area (Å²) in [7, 11) is 0. The number of unbranched alkanes of at least 4 members (excludes halogenated alkanes) is 12. The lowest BCUT2D eigenvalue weighted by molar-refractivity contribution is -0.165. The highest BCUT2D eigenvalue weighted by Crippen LogP contribution is 2.30. The van der Waals surface area contributed by atoms with Gasteiger partial charge in [0.05, 0.1) is 25.0 Å². The van der Waals surface area contributed by atoms with Gasteiger partial charge in [0.1, 0.15) is 0 Å². The molecule has 0 bridgehead atoms. The van der Waals surface area contributed by atoms with E-state index in [1.807, 2.05) is 27.7 Å². The highest BCUT2D eigenvalue weighted by Gasteiger charge is 2.40. The quantitative estimate of drug-likeness (QED) is 0.130. The van der Waals surface area contributed by atoms with Gasteiger partial charge in [0.25, 0.3) is 0 Å². The number of ether oxygens (including phenoxy) is 2. The van der Waals surface area contributed by atoms with Gasteiger partial charge in [-0.25, -0.2) is 0 Å². The van der Waals surface area contributed by atoms with Crippen LogP contribution in [0.3, 0.4) is 0 Å². The van der Waals surface area contributed by atoms with Crippen LogP contribution in [0, 0.1) is 23.7 Å². The maximum absolute atomic E-state index is 12.9. The molecule has 0 saturated carbocycles. The van der Waals surface area contributed by atoms with E-state index in [0.29, 0.717) is 13.2 Å². The van der Waals surface area contributed by atoms with E-state index in [4.69, 9.17) is 9.47 Å². The fourth-order valence-electron chi connectivity index (χ4n) is 4.32. The Morgan fingerprint density at radius 1 is 0.500 bits per heavy atom. The average Bonchev–Trinajstić information content (AvgIpc) is 2.74. The van der Waals surface area contributed by atoms with Crippen LogP contribution in [0.15, 0.2) is 0 Å². The summed E-state index contributed by atoms with van der Waals surface area (Å²) in [6.45, 7) is 13.3. The molecule has 0 N–H and O–H groups in total. The fourth-order valence-corrected chi connectivity index (χ4v) is 4.32. The first-order chi connectivity index (χ1) is 15.4. The molecular weight excluding hydrogens is 400 g/mol. The number of hydrogen-bond donors (Lipinski definition) is 0. The molecule has 0 saturated heterocycles. The van der Waals surface area contributed by atoms with Crippen LogP contribution >= 0.6 is 0 Å². The topological polar surface area (TPSA) is 52.6 Å². The minimum Gasteiger partial charge on any atom is -0.465 e. The van der Waals surface area contributed by atoms with Crippen LogP contribution in [0.2, 0.25) is 0 Å². The largest absolute Gasteiger partial charge is 0.465 e. The van der Waals surface area contributed by atoms with Crippen LogP contribution in [-0.4, -0.2) is 25.2 Å². The molecule has 0 aromatic rings.